The SMILES string of the molecule is CCCc1nnsc1C(=O)N1CCOCC1c1ncc(C)[nH]1. The third kappa shape index (κ3) is 2.89. The number of imidazole rings is 1. The predicted molar refractivity (Wildman–Crippen MR) is 81.8 cm³/mol. The van der Waals surface area contributed by atoms with Gasteiger partial charge in [0.2, 0.25) is 0 Å². The van der Waals surface area contributed by atoms with E-state index in [0.29, 0.717) is 24.6 Å². The summed E-state index contributed by atoms with van der Waals surface area (Å²) in [5, 5.41) is 4.09. The Balaban J connectivity index is 1.86. The van der Waals surface area contributed by atoms with Gasteiger partial charge in [-0.1, -0.05) is 17.8 Å². The second-order valence-corrected chi connectivity index (χ2v) is 6.09. The molecular weight excluding hydrogens is 302 g/mol. The largest absolute Gasteiger partial charge is 0.377 e. The molecular formula is C14H19N5O2S. The summed E-state index contributed by atoms with van der Waals surface area (Å²) in [4.78, 5) is 22.9. The average Bonchev–Trinajstić information content (AvgIpc) is 3.16. The fraction of sp³-hybridized carbons (Fsp3) is 0.571. The molecule has 3 rings (SSSR count). The lowest BCUT2D eigenvalue weighted by Gasteiger charge is -2.34. The molecule has 0 radical (unpaired) electrons. The highest BCUT2D eigenvalue weighted by Crippen LogP contribution is 2.26. The number of amides is 1. The standard InChI is InChI=1S/C14H19N5O2S/c1-3-4-10-12(22-18-17-10)14(20)19-5-6-21-8-11(19)13-15-7-9(2)16-13/h7,11H,3-6,8H2,1-2H3,(H,15,16). The molecule has 0 spiro atoms. The van der Waals surface area contributed by atoms with Crippen LogP contribution < -0.4 is 0 Å². The number of carbonyl (C=O) groups excluding carboxylic acids is 1. The number of hydrogen-bond acceptors (Lipinski definition) is 6. The van der Waals surface area contributed by atoms with E-state index >= 15 is 0 Å². The van der Waals surface area contributed by atoms with Crippen LogP contribution >= 0.6 is 11.5 Å². The molecule has 2 aromatic rings. The van der Waals surface area contributed by atoms with E-state index < -0.39 is 0 Å². The van der Waals surface area contributed by atoms with Crippen molar-refractivity contribution in [3.63, 3.8) is 0 Å². The molecule has 1 unspecified atom stereocenters. The second-order valence-electron chi connectivity index (χ2n) is 5.34. The molecule has 0 bridgehead atoms. The molecule has 7 nitrogen and oxygen atoms in total. The number of aromatic amines is 1. The van der Waals surface area contributed by atoms with Gasteiger partial charge in [0.05, 0.1) is 18.9 Å². The van der Waals surface area contributed by atoms with E-state index in [9.17, 15) is 4.79 Å². The van der Waals surface area contributed by atoms with Crippen LogP contribution in [0.4, 0.5) is 0 Å². The lowest BCUT2D eigenvalue weighted by atomic mass is 10.1. The maximum absolute atomic E-state index is 12.9. The summed E-state index contributed by atoms with van der Waals surface area (Å²) in [6.45, 7) is 5.55. The molecule has 1 saturated heterocycles. The minimum atomic E-state index is -0.188. The number of hydrogen-bond donors (Lipinski definition) is 1. The zero-order chi connectivity index (χ0) is 15.5. The van der Waals surface area contributed by atoms with Crippen LogP contribution in [0.2, 0.25) is 0 Å². The van der Waals surface area contributed by atoms with Crippen molar-refractivity contribution in [1.29, 1.82) is 0 Å². The summed E-state index contributed by atoms with van der Waals surface area (Å²) in [5.41, 5.74) is 1.76. The van der Waals surface area contributed by atoms with Crippen molar-refractivity contribution in [3.8, 4) is 0 Å². The third-order valence-electron chi connectivity index (χ3n) is 3.66. The van der Waals surface area contributed by atoms with Gasteiger partial charge in [-0.2, -0.15) is 0 Å². The number of H-pyrrole nitrogens is 1. The van der Waals surface area contributed by atoms with Gasteiger partial charge in [-0.25, -0.2) is 4.98 Å². The van der Waals surface area contributed by atoms with Crippen molar-refractivity contribution in [2.75, 3.05) is 19.8 Å². The number of carbonyl (C=O) groups is 1. The number of nitrogens with zero attached hydrogens (tertiary/aromatic N) is 4. The first-order valence-corrected chi connectivity index (χ1v) is 8.19. The van der Waals surface area contributed by atoms with Gasteiger partial charge in [0.1, 0.15) is 16.7 Å². The average molecular weight is 321 g/mol. The zero-order valence-electron chi connectivity index (χ0n) is 12.7. The van der Waals surface area contributed by atoms with Gasteiger partial charge in [-0.3, -0.25) is 4.79 Å². The lowest BCUT2D eigenvalue weighted by Crippen LogP contribution is -2.43. The molecule has 1 aliphatic rings. The van der Waals surface area contributed by atoms with Gasteiger partial charge in [0.15, 0.2) is 0 Å². The Morgan fingerprint density at radius 2 is 2.45 bits per heavy atom. The first kappa shape index (κ1) is 15.1. The number of aryl methyl sites for hydroxylation is 2. The monoisotopic (exact) mass is 321 g/mol. The van der Waals surface area contributed by atoms with Crippen LogP contribution in [0.5, 0.6) is 0 Å². The van der Waals surface area contributed by atoms with Crippen LogP contribution in [0.15, 0.2) is 6.20 Å². The summed E-state index contributed by atoms with van der Waals surface area (Å²) in [6.07, 6.45) is 3.48. The van der Waals surface area contributed by atoms with Gasteiger partial charge < -0.3 is 14.6 Å². The Hall–Kier alpha value is -1.80. The van der Waals surface area contributed by atoms with Gasteiger partial charge >= 0.3 is 0 Å². The van der Waals surface area contributed by atoms with Crippen molar-refractivity contribution in [3.05, 3.63) is 28.3 Å². The van der Waals surface area contributed by atoms with E-state index in [2.05, 4.69) is 26.5 Å². The number of nitrogens with one attached hydrogen (secondary N) is 1. The molecule has 22 heavy (non-hydrogen) atoms. The van der Waals surface area contributed by atoms with Crippen molar-refractivity contribution in [2.24, 2.45) is 0 Å². The number of morpholine rings is 1. The van der Waals surface area contributed by atoms with Gasteiger partial charge in [-0.05, 0) is 24.9 Å². The summed E-state index contributed by atoms with van der Waals surface area (Å²) >= 11 is 1.17. The molecule has 1 fully saturated rings. The van der Waals surface area contributed by atoms with Crippen molar-refractivity contribution < 1.29 is 9.53 Å². The number of aromatic nitrogens is 4. The Kier molecular flexibility index (Phi) is 4.49. The quantitative estimate of drug-likeness (QED) is 0.927. The van der Waals surface area contributed by atoms with Crippen LogP contribution in [-0.2, 0) is 11.2 Å². The number of rotatable bonds is 4. The van der Waals surface area contributed by atoms with Crippen LogP contribution in [0.1, 0.15) is 46.3 Å². The molecule has 0 aliphatic carbocycles. The molecule has 1 atom stereocenters. The fourth-order valence-corrected chi connectivity index (χ4v) is 3.24. The van der Waals surface area contributed by atoms with E-state index in [0.717, 1.165) is 30.1 Å². The Labute approximate surface area is 132 Å². The first-order chi connectivity index (χ1) is 10.7. The van der Waals surface area contributed by atoms with Crippen LogP contribution in [-0.4, -0.2) is 50.1 Å². The molecule has 8 heteroatoms. The van der Waals surface area contributed by atoms with Crippen molar-refractivity contribution >= 4 is 17.4 Å². The molecule has 0 saturated carbocycles. The lowest BCUT2D eigenvalue weighted by molar-refractivity contribution is -0.00481. The van der Waals surface area contributed by atoms with Crippen LogP contribution in [0.3, 0.4) is 0 Å². The van der Waals surface area contributed by atoms with E-state index in [1.807, 2.05) is 11.8 Å². The fourth-order valence-electron chi connectivity index (χ4n) is 2.58. The van der Waals surface area contributed by atoms with Crippen LogP contribution in [0, 0.1) is 6.92 Å². The third-order valence-corrected chi connectivity index (χ3v) is 4.42. The highest BCUT2D eigenvalue weighted by molar-refractivity contribution is 7.08. The van der Waals surface area contributed by atoms with E-state index in [4.69, 9.17) is 4.74 Å². The minimum absolute atomic E-state index is 0.0270. The zero-order valence-corrected chi connectivity index (χ0v) is 13.5. The smallest absolute Gasteiger partial charge is 0.268 e. The van der Waals surface area contributed by atoms with Gasteiger partial charge in [0, 0.05) is 18.4 Å². The van der Waals surface area contributed by atoms with Crippen LogP contribution in [0.25, 0.3) is 0 Å². The van der Waals surface area contributed by atoms with Crippen molar-refractivity contribution in [2.45, 2.75) is 32.7 Å². The highest BCUT2D eigenvalue weighted by Gasteiger charge is 2.33. The van der Waals surface area contributed by atoms with E-state index in [-0.39, 0.29) is 11.9 Å². The summed E-state index contributed by atoms with van der Waals surface area (Å²) in [5.74, 6) is 0.737. The Bertz CT molecular complexity index is 653. The Morgan fingerprint density at radius 1 is 1.59 bits per heavy atom. The molecule has 1 aliphatic heterocycles. The first-order valence-electron chi connectivity index (χ1n) is 7.42. The summed E-state index contributed by atoms with van der Waals surface area (Å²) in [7, 11) is 0. The molecule has 118 valence electrons. The maximum Gasteiger partial charge on any atom is 0.268 e. The topological polar surface area (TPSA) is 84.0 Å². The molecule has 1 N–H and O–H groups in total. The molecule has 1 amide bonds. The van der Waals surface area contributed by atoms with Gasteiger partial charge in [0.25, 0.3) is 5.91 Å². The maximum atomic E-state index is 12.9. The highest BCUT2D eigenvalue weighted by atomic mass is 32.1. The van der Waals surface area contributed by atoms with Crippen molar-refractivity contribution in [1.82, 2.24) is 24.5 Å². The minimum Gasteiger partial charge on any atom is -0.377 e. The molecule has 3 heterocycles. The normalized spacial score (nSPS) is 18.6. The second kappa shape index (κ2) is 6.53. The Morgan fingerprint density at radius 3 is 3.18 bits per heavy atom. The number of ether oxygens (including phenoxy) is 1. The summed E-state index contributed by atoms with van der Waals surface area (Å²) < 4.78 is 9.49. The summed E-state index contributed by atoms with van der Waals surface area (Å²) in [6, 6.07) is -0.188. The van der Waals surface area contributed by atoms with Gasteiger partial charge in [-0.15, -0.1) is 5.10 Å². The molecule has 2 aromatic heterocycles. The predicted octanol–water partition coefficient (Wildman–Crippen LogP) is 1.74. The van der Waals surface area contributed by atoms with E-state index in [1.54, 1.807) is 6.20 Å². The molecule has 0 aromatic carbocycles. The van der Waals surface area contributed by atoms with E-state index in [1.165, 1.54) is 11.5 Å².